The summed E-state index contributed by atoms with van der Waals surface area (Å²) in [5, 5.41) is 8.05. The molecule has 0 aromatic carbocycles. The van der Waals surface area contributed by atoms with Crippen molar-refractivity contribution in [2.24, 2.45) is 0 Å². The average Bonchev–Trinajstić information content (AvgIpc) is 2.77. The molecular formula is C13H19N3O5S. The Morgan fingerprint density at radius 1 is 1.36 bits per heavy atom. The zero-order valence-electron chi connectivity index (χ0n) is 12.3. The maximum atomic E-state index is 11.4. The Morgan fingerprint density at radius 3 is 2.68 bits per heavy atom. The van der Waals surface area contributed by atoms with Crippen LogP contribution in [0, 0.1) is 0 Å². The largest absolute Gasteiger partial charge is 0.460 e. The highest BCUT2D eigenvalue weighted by Crippen LogP contribution is 2.02. The minimum absolute atomic E-state index is 0.0460. The lowest BCUT2D eigenvalue weighted by Gasteiger charge is -2.09. The third-order valence-electron chi connectivity index (χ3n) is 2.68. The van der Waals surface area contributed by atoms with Crippen molar-refractivity contribution in [3.05, 3.63) is 12.2 Å². The van der Waals surface area contributed by atoms with Crippen molar-refractivity contribution in [2.75, 3.05) is 19.8 Å². The highest BCUT2D eigenvalue weighted by atomic mass is 32.1. The van der Waals surface area contributed by atoms with E-state index in [2.05, 4.69) is 22.5 Å². The molecule has 1 rings (SSSR count). The molecular weight excluding hydrogens is 310 g/mol. The molecule has 22 heavy (non-hydrogen) atoms. The minimum Gasteiger partial charge on any atom is -0.460 e. The van der Waals surface area contributed by atoms with Gasteiger partial charge in [0.25, 0.3) is 0 Å². The molecule has 1 aliphatic rings. The molecule has 122 valence electrons. The fraction of sp³-hybridized carbons (Fsp3) is 0.538. The molecule has 0 aliphatic carbocycles. The zero-order valence-corrected chi connectivity index (χ0v) is 13.1. The van der Waals surface area contributed by atoms with E-state index in [4.69, 9.17) is 21.7 Å². The predicted octanol–water partition coefficient (Wildman–Crippen LogP) is -0.0150. The number of rotatable bonds is 8. The number of alkyl carbamates (subject to hydrolysis) is 1. The molecule has 0 spiro atoms. The smallest absolute Gasteiger partial charge is 0.407 e. The number of hydrogen-bond acceptors (Lipinski definition) is 6. The third kappa shape index (κ3) is 6.53. The van der Waals surface area contributed by atoms with E-state index in [9.17, 15) is 14.4 Å². The number of carbonyl (C=O) groups is 3. The Kier molecular flexibility index (Phi) is 7.30. The average molecular weight is 329 g/mol. The van der Waals surface area contributed by atoms with Gasteiger partial charge in [0.1, 0.15) is 12.6 Å². The number of hydrogen-bond donors (Lipinski definition) is 3. The van der Waals surface area contributed by atoms with Crippen LogP contribution in [0.25, 0.3) is 0 Å². The van der Waals surface area contributed by atoms with E-state index in [1.807, 2.05) is 0 Å². The van der Waals surface area contributed by atoms with Gasteiger partial charge in [0.2, 0.25) is 5.91 Å². The first-order chi connectivity index (χ1) is 10.4. The van der Waals surface area contributed by atoms with Gasteiger partial charge in [0.05, 0.1) is 13.2 Å². The second kappa shape index (κ2) is 8.98. The Bertz CT molecular complexity index is 480. The summed E-state index contributed by atoms with van der Waals surface area (Å²) in [6.07, 6.45) is 0.423. The summed E-state index contributed by atoms with van der Waals surface area (Å²) in [6.45, 7) is 5.34. The molecule has 2 amide bonds. The first-order valence-corrected chi connectivity index (χ1v) is 7.15. The molecule has 1 saturated heterocycles. The number of ether oxygens (including phenoxy) is 2. The fourth-order valence-corrected chi connectivity index (χ4v) is 1.83. The molecule has 0 saturated carbocycles. The van der Waals surface area contributed by atoms with Crippen molar-refractivity contribution >= 4 is 35.3 Å². The van der Waals surface area contributed by atoms with Gasteiger partial charge >= 0.3 is 12.1 Å². The fourth-order valence-electron chi connectivity index (χ4n) is 1.59. The Labute approximate surface area is 133 Å². The molecule has 1 atom stereocenters. The lowest BCUT2D eigenvalue weighted by Crippen LogP contribution is -2.30. The number of amides is 2. The third-order valence-corrected chi connectivity index (χ3v) is 2.90. The van der Waals surface area contributed by atoms with Crippen LogP contribution in [-0.2, 0) is 19.1 Å². The second-order valence-corrected chi connectivity index (χ2v) is 5.04. The van der Waals surface area contributed by atoms with Crippen molar-refractivity contribution in [2.45, 2.75) is 25.8 Å². The van der Waals surface area contributed by atoms with Crippen LogP contribution >= 0.6 is 12.2 Å². The molecule has 1 heterocycles. The van der Waals surface area contributed by atoms with Gasteiger partial charge in [-0.25, -0.2) is 9.59 Å². The Morgan fingerprint density at radius 2 is 2.09 bits per heavy atom. The standard InChI is InChI=1S/C13H19N3O5S/c1-8(2)11(18)20-7-5-14-13(19)21-6-3-4-9-10(17)16-12(22)15-9/h9H,1,3-7H2,2H3,(H,14,19)(H2,15,16,17,22). The van der Waals surface area contributed by atoms with Crippen molar-refractivity contribution in [3.63, 3.8) is 0 Å². The van der Waals surface area contributed by atoms with E-state index >= 15 is 0 Å². The van der Waals surface area contributed by atoms with Crippen molar-refractivity contribution in [3.8, 4) is 0 Å². The van der Waals surface area contributed by atoms with Crippen LogP contribution in [0.1, 0.15) is 19.8 Å². The van der Waals surface area contributed by atoms with Crippen LogP contribution in [0.15, 0.2) is 12.2 Å². The van der Waals surface area contributed by atoms with E-state index in [-0.39, 0.29) is 31.7 Å². The summed E-state index contributed by atoms with van der Waals surface area (Å²) in [6, 6.07) is -0.374. The SMILES string of the molecule is C=C(C)C(=O)OCCNC(=O)OCCCC1NC(=S)NC1=O. The van der Waals surface area contributed by atoms with Gasteiger partial charge in [-0.2, -0.15) is 0 Å². The zero-order chi connectivity index (χ0) is 16.5. The lowest BCUT2D eigenvalue weighted by molar-refractivity contribution is -0.138. The van der Waals surface area contributed by atoms with Crippen LogP contribution in [0.3, 0.4) is 0 Å². The summed E-state index contributed by atoms with van der Waals surface area (Å²) in [5.74, 6) is -0.677. The first-order valence-electron chi connectivity index (χ1n) is 6.74. The van der Waals surface area contributed by atoms with Gasteiger partial charge in [-0.1, -0.05) is 6.58 Å². The van der Waals surface area contributed by atoms with Crippen LogP contribution in [0.4, 0.5) is 4.79 Å². The van der Waals surface area contributed by atoms with E-state index in [0.717, 1.165) is 0 Å². The topological polar surface area (TPSA) is 106 Å². The summed E-state index contributed by atoms with van der Waals surface area (Å²) in [7, 11) is 0. The van der Waals surface area contributed by atoms with Crippen LogP contribution in [0.5, 0.6) is 0 Å². The molecule has 1 unspecified atom stereocenters. The van der Waals surface area contributed by atoms with Gasteiger partial charge in [-0.3, -0.25) is 4.79 Å². The van der Waals surface area contributed by atoms with Crippen LogP contribution in [0.2, 0.25) is 0 Å². The molecule has 3 N–H and O–H groups in total. The summed E-state index contributed by atoms with van der Waals surface area (Å²) >= 11 is 4.81. The summed E-state index contributed by atoms with van der Waals surface area (Å²) < 4.78 is 9.71. The number of carbonyl (C=O) groups excluding carboxylic acids is 3. The van der Waals surface area contributed by atoms with Gasteiger partial charge in [0.15, 0.2) is 5.11 Å². The molecule has 8 nitrogen and oxygen atoms in total. The molecule has 0 bridgehead atoms. The number of nitrogens with one attached hydrogen (secondary N) is 3. The highest BCUT2D eigenvalue weighted by molar-refractivity contribution is 7.80. The summed E-state index contributed by atoms with van der Waals surface area (Å²) in [4.78, 5) is 33.7. The molecule has 0 radical (unpaired) electrons. The van der Waals surface area contributed by atoms with Gasteiger partial charge < -0.3 is 25.4 Å². The van der Waals surface area contributed by atoms with Crippen molar-refractivity contribution in [1.82, 2.24) is 16.0 Å². The number of thiocarbonyl (C=S) groups is 1. The molecule has 0 aromatic rings. The van der Waals surface area contributed by atoms with E-state index in [1.165, 1.54) is 6.92 Å². The predicted molar refractivity (Wildman–Crippen MR) is 82.0 cm³/mol. The molecule has 1 fully saturated rings. The second-order valence-electron chi connectivity index (χ2n) is 4.64. The highest BCUT2D eigenvalue weighted by Gasteiger charge is 2.26. The maximum absolute atomic E-state index is 11.4. The molecule has 1 aliphatic heterocycles. The van der Waals surface area contributed by atoms with E-state index in [1.54, 1.807) is 0 Å². The van der Waals surface area contributed by atoms with Crippen molar-refractivity contribution in [1.29, 1.82) is 0 Å². The van der Waals surface area contributed by atoms with Crippen molar-refractivity contribution < 1.29 is 23.9 Å². The Hall–Kier alpha value is -2.16. The van der Waals surface area contributed by atoms with E-state index < -0.39 is 12.1 Å². The lowest BCUT2D eigenvalue weighted by atomic mass is 10.2. The molecule has 0 aromatic heterocycles. The van der Waals surface area contributed by atoms with Crippen LogP contribution < -0.4 is 16.0 Å². The van der Waals surface area contributed by atoms with Gasteiger partial charge in [-0.15, -0.1) is 0 Å². The molecule has 9 heteroatoms. The first kappa shape index (κ1) is 17.9. The maximum Gasteiger partial charge on any atom is 0.407 e. The number of esters is 1. The monoisotopic (exact) mass is 329 g/mol. The van der Waals surface area contributed by atoms with Crippen LogP contribution in [-0.4, -0.2) is 48.9 Å². The normalized spacial score (nSPS) is 16.5. The minimum atomic E-state index is -0.606. The quantitative estimate of drug-likeness (QED) is 0.249. The Balaban J connectivity index is 2.02. The van der Waals surface area contributed by atoms with Gasteiger partial charge in [0, 0.05) is 5.57 Å². The van der Waals surface area contributed by atoms with Gasteiger partial charge in [-0.05, 0) is 32.0 Å². The summed E-state index contributed by atoms with van der Waals surface area (Å²) in [5.41, 5.74) is 0.298. The van der Waals surface area contributed by atoms with E-state index in [0.29, 0.717) is 23.5 Å².